The number of methoxy groups -OCH3 is 1. The molecule has 0 aliphatic heterocycles. The number of benzene rings is 1. The van der Waals surface area contributed by atoms with E-state index in [-0.39, 0.29) is 18.6 Å². The fourth-order valence-corrected chi connectivity index (χ4v) is 1.71. The van der Waals surface area contributed by atoms with Crippen LogP contribution in [0, 0.1) is 0 Å². The molecular weight excluding hydrogens is 258 g/mol. The summed E-state index contributed by atoms with van der Waals surface area (Å²) >= 11 is 0. The zero-order valence-electron chi connectivity index (χ0n) is 12.5. The standard InChI is InChI=1S/C15H23NO4/c1-10(2)16-15(18)7-8-20-13-6-5-12(11(3)17)9-14(13)19-4/h5-6,9-11,17H,7-8H2,1-4H3,(H,16,18)/t11-/m0/s1. The van der Waals surface area contributed by atoms with Gasteiger partial charge in [0.2, 0.25) is 5.91 Å². The van der Waals surface area contributed by atoms with E-state index in [1.165, 1.54) is 0 Å². The molecule has 5 nitrogen and oxygen atoms in total. The lowest BCUT2D eigenvalue weighted by molar-refractivity contribution is -0.122. The molecule has 1 atom stereocenters. The van der Waals surface area contributed by atoms with Crippen molar-refractivity contribution in [2.45, 2.75) is 39.3 Å². The molecule has 0 aliphatic rings. The topological polar surface area (TPSA) is 67.8 Å². The minimum Gasteiger partial charge on any atom is -0.493 e. The first kappa shape index (κ1) is 16.3. The smallest absolute Gasteiger partial charge is 0.223 e. The molecule has 112 valence electrons. The van der Waals surface area contributed by atoms with Crippen LogP contribution in [0.1, 0.15) is 38.9 Å². The highest BCUT2D eigenvalue weighted by molar-refractivity contribution is 5.76. The van der Waals surface area contributed by atoms with E-state index < -0.39 is 6.10 Å². The molecule has 0 bridgehead atoms. The molecule has 0 saturated carbocycles. The number of carbonyl (C=O) groups excluding carboxylic acids is 1. The molecule has 0 unspecified atom stereocenters. The largest absolute Gasteiger partial charge is 0.493 e. The van der Waals surface area contributed by atoms with Crippen molar-refractivity contribution in [3.8, 4) is 11.5 Å². The molecule has 1 amide bonds. The van der Waals surface area contributed by atoms with Gasteiger partial charge in [-0.2, -0.15) is 0 Å². The first-order valence-electron chi connectivity index (χ1n) is 6.72. The lowest BCUT2D eigenvalue weighted by atomic mass is 10.1. The second-order valence-electron chi connectivity index (χ2n) is 4.91. The summed E-state index contributed by atoms with van der Waals surface area (Å²) in [5, 5.41) is 12.3. The molecule has 5 heteroatoms. The molecule has 2 N–H and O–H groups in total. The van der Waals surface area contributed by atoms with E-state index in [9.17, 15) is 9.90 Å². The van der Waals surface area contributed by atoms with Crippen LogP contribution < -0.4 is 14.8 Å². The van der Waals surface area contributed by atoms with Crippen LogP contribution in [0.25, 0.3) is 0 Å². The third-order valence-corrected chi connectivity index (χ3v) is 2.71. The Morgan fingerprint density at radius 1 is 1.30 bits per heavy atom. The van der Waals surface area contributed by atoms with Crippen LogP contribution in [-0.2, 0) is 4.79 Å². The fraction of sp³-hybridized carbons (Fsp3) is 0.533. The van der Waals surface area contributed by atoms with Crippen LogP contribution in [0.5, 0.6) is 11.5 Å². The molecule has 0 aromatic heterocycles. The average Bonchev–Trinajstić information content (AvgIpc) is 2.37. The summed E-state index contributed by atoms with van der Waals surface area (Å²) in [5.41, 5.74) is 0.756. The Kier molecular flexibility index (Phi) is 6.31. The van der Waals surface area contributed by atoms with Crippen LogP contribution in [0.3, 0.4) is 0 Å². The molecule has 0 spiro atoms. The number of aliphatic hydroxyl groups excluding tert-OH is 1. The van der Waals surface area contributed by atoms with Crippen LogP contribution in [0.15, 0.2) is 18.2 Å². The van der Waals surface area contributed by atoms with Gasteiger partial charge >= 0.3 is 0 Å². The Hall–Kier alpha value is -1.75. The molecular formula is C15H23NO4. The molecule has 1 rings (SSSR count). The van der Waals surface area contributed by atoms with Crippen molar-refractivity contribution in [1.29, 1.82) is 0 Å². The SMILES string of the molecule is COc1cc([C@H](C)O)ccc1OCCC(=O)NC(C)C. The molecule has 20 heavy (non-hydrogen) atoms. The Morgan fingerprint density at radius 3 is 2.55 bits per heavy atom. The lowest BCUT2D eigenvalue weighted by Gasteiger charge is -2.13. The van der Waals surface area contributed by atoms with Crippen molar-refractivity contribution in [3.05, 3.63) is 23.8 Å². The number of amides is 1. The van der Waals surface area contributed by atoms with Crippen molar-refractivity contribution in [1.82, 2.24) is 5.32 Å². The molecule has 0 radical (unpaired) electrons. The number of ether oxygens (including phenoxy) is 2. The van der Waals surface area contributed by atoms with Crippen molar-refractivity contribution >= 4 is 5.91 Å². The minimum atomic E-state index is -0.560. The van der Waals surface area contributed by atoms with Gasteiger partial charge in [-0.05, 0) is 38.5 Å². The zero-order chi connectivity index (χ0) is 15.1. The van der Waals surface area contributed by atoms with Crippen molar-refractivity contribution in [2.75, 3.05) is 13.7 Å². The van der Waals surface area contributed by atoms with E-state index in [0.717, 1.165) is 5.56 Å². The van der Waals surface area contributed by atoms with E-state index >= 15 is 0 Å². The van der Waals surface area contributed by atoms with Gasteiger partial charge in [0, 0.05) is 6.04 Å². The van der Waals surface area contributed by atoms with Crippen LogP contribution in [0.2, 0.25) is 0 Å². The Labute approximate surface area is 119 Å². The number of nitrogens with one attached hydrogen (secondary N) is 1. The van der Waals surface area contributed by atoms with Crippen molar-refractivity contribution < 1.29 is 19.4 Å². The number of rotatable bonds is 7. The van der Waals surface area contributed by atoms with Crippen LogP contribution >= 0.6 is 0 Å². The Morgan fingerprint density at radius 2 is 2.00 bits per heavy atom. The van der Waals surface area contributed by atoms with Gasteiger partial charge in [0.25, 0.3) is 0 Å². The summed E-state index contributed by atoms with van der Waals surface area (Å²) < 4.78 is 10.8. The number of carbonyl (C=O) groups is 1. The van der Waals surface area contributed by atoms with Crippen LogP contribution in [-0.4, -0.2) is 30.8 Å². The highest BCUT2D eigenvalue weighted by Gasteiger charge is 2.10. The monoisotopic (exact) mass is 281 g/mol. The Balaban J connectivity index is 2.57. The predicted molar refractivity (Wildman–Crippen MR) is 77.0 cm³/mol. The highest BCUT2D eigenvalue weighted by Crippen LogP contribution is 2.30. The van der Waals surface area contributed by atoms with Gasteiger partial charge in [0.15, 0.2) is 11.5 Å². The number of aliphatic hydroxyl groups is 1. The third kappa shape index (κ3) is 5.09. The predicted octanol–water partition coefficient (Wildman–Crippen LogP) is 2.04. The zero-order valence-corrected chi connectivity index (χ0v) is 12.5. The second-order valence-corrected chi connectivity index (χ2v) is 4.91. The van der Waals surface area contributed by atoms with E-state index in [4.69, 9.17) is 9.47 Å². The summed E-state index contributed by atoms with van der Waals surface area (Å²) in [6.07, 6.45) is -0.269. The fourth-order valence-electron chi connectivity index (χ4n) is 1.71. The summed E-state index contributed by atoms with van der Waals surface area (Å²) in [7, 11) is 1.54. The maximum absolute atomic E-state index is 11.5. The van der Waals surface area contributed by atoms with Gasteiger partial charge in [0.05, 0.1) is 26.2 Å². The maximum Gasteiger partial charge on any atom is 0.223 e. The summed E-state index contributed by atoms with van der Waals surface area (Å²) in [5.74, 6) is 1.07. The van der Waals surface area contributed by atoms with Gasteiger partial charge < -0.3 is 19.9 Å². The molecule has 0 saturated heterocycles. The van der Waals surface area contributed by atoms with Crippen LogP contribution in [0.4, 0.5) is 0 Å². The molecule has 0 fully saturated rings. The molecule has 1 aromatic carbocycles. The third-order valence-electron chi connectivity index (χ3n) is 2.71. The van der Waals surface area contributed by atoms with Gasteiger partial charge in [0.1, 0.15) is 0 Å². The minimum absolute atomic E-state index is 0.0421. The Bertz CT molecular complexity index is 443. The summed E-state index contributed by atoms with van der Waals surface area (Å²) in [6.45, 7) is 5.79. The first-order chi connectivity index (χ1) is 9.43. The van der Waals surface area contributed by atoms with Gasteiger partial charge in [-0.25, -0.2) is 0 Å². The quantitative estimate of drug-likeness (QED) is 0.802. The van der Waals surface area contributed by atoms with Crippen molar-refractivity contribution in [3.63, 3.8) is 0 Å². The van der Waals surface area contributed by atoms with Gasteiger partial charge in [-0.1, -0.05) is 6.07 Å². The van der Waals surface area contributed by atoms with E-state index in [1.807, 2.05) is 13.8 Å². The number of hydrogen-bond acceptors (Lipinski definition) is 4. The second kappa shape index (κ2) is 7.75. The molecule has 1 aromatic rings. The molecule has 0 aliphatic carbocycles. The first-order valence-corrected chi connectivity index (χ1v) is 6.72. The average molecular weight is 281 g/mol. The van der Waals surface area contributed by atoms with Gasteiger partial charge in [-0.3, -0.25) is 4.79 Å². The maximum atomic E-state index is 11.5. The highest BCUT2D eigenvalue weighted by atomic mass is 16.5. The van der Waals surface area contributed by atoms with E-state index in [1.54, 1.807) is 32.2 Å². The van der Waals surface area contributed by atoms with E-state index in [2.05, 4.69) is 5.32 Å². The van der Waals surface area contributed by atoms with Gasteiger partial charge in [-0.15, -0.1) is 0 Å². The number of hydrogen-bond donors (Lipinski definition) is 2. The van der Waals surface area contributed by atoms with E-state index in [0.29, 0.717) is 17.9 Å². The molecule has 0 heterocycles. The normalized spacial score (nSPS) is 12.1. The van der Waals surface area contributed by atoms with Crippen molar-refractivity contribution in [2.24, 2.45) is 0 Å². The lowest BCUT2D eigenvalue weighted by Crippen LogP contribution is -2.31. The summed E-state index contributed by atoms with van der Waals surface area (Å²) in [6, 6.07) is 5.37. The summed E-state index contributed by atoms with van der Waals surface area (Å²) in [4.78, 5) is 11.5.